The molecule has 3 rings (SSSR count). The van der Waals surface area contributed by atoms with E-state index in [2.05, 4.69) is 10.2 Å². The summed E-state index contributed by atoms with van der Waals surface area (Å²) in [5.41, 5.74) is 3.25. The highest BCUT2D eigenvalue weighted by molar-refractivity contribution is 5.83. The molecule has 2 heterocycles. The minimum absolute atomic E-state index is 0.0943. The molecule has 0 fully saturated rings. The van der Waals surface area contributed by atoms with Crippen LogP contribution in [0.4, 0.5) is 0 Å². The normalized spacial score (nSPS) is 15.5. The first-order valence-corrected chi connectivity index (χ1v) is 6.10. The van der Waals surface area contributed by atoms with Crippen molar-refractivity contribution >= 4 is 5.91 Å². The van der Waals surface area contributed by atoms with Crippen molar-refractivity contribution in [2.75, 3.05) is 0 Å². The van der Waals surface area contributed by atoms with Crippen LogP contribution in [0.3, 0.4) is 0 Å². The summed E-state index contributed by atoms with van der Waals surface area (Å²) >= 11 is 0. The monoisotopic (exact) mass is 241 g/mol. The Morgan fingerprint density at radius 2 is 2.11 bits per heavy atom. The molecule has 4 heteroatoms. The zero-order valence-corrected chi connectivity index (χ0v) is 10.3. The Bertz CT molecular complexity index is 541. The summed E-state index contributed by atoms with van der Waals surface area (Å²) in [6.45, 7) is 3.27. The lowest BCUT2D eigenvalue weighted by Gasteiger charge is -2.20. The van der Waals surface area contributed by atoms with Crippen LogP contribution in [-0.4, -0.2) is 21.0 Å². The Hall–Kier alpha value is -2.10. The number of rotatable bonds is 2. The standard InChI is InChI=1S/C14H15N3O/c1-10(11-5-3-2-4-6-11)14(18)17-8-12-7-15-16-13(12)9-17/h2-7,10H,8-9H2,1H3,(H,15,16)/t10-/m1/s1. The molecule has 1 aliphatic heterocycles. The summed E-state index contributed by atoms with van der Waals surface area (Å²) in [6.07, 6.45) is 1.80. The molecule has 1 amide bonds. The molecule has 0 radical (unpaired) electrons. The van der Waals surface area contributed by atoms with Gasteiger partial charge in [-0.2, -0.15) is 5.10 Å². The zero-order chi connectivity index (χ0) is 12.5. The molecule has 1 aliphatic rings. The Morgan fingerprint density at radius 3 is 2.83 bits per heavy atom. The number of fused-ring (bicyclic) bond motifs is 1. The highest BCUT2D eigenvalue weighted by Gasteiger charge is 2.28. The van der Waals surface area contributed by atoms with Crippen LogP contribution in [0.5, 0.6) is 0 Å². The zero-order valence-electron chi connectivity index (χ0n) is 10.3. The van der Waals surface area contributed by atoms with Gasteiger partial charge < -0.3 is 4.90 Å². The quantitative estimate of drug-likeness (QED) is 0.874. The van der Waals surface area contributed by atoms with Crippen LogP contribution in [-0.2, 0) is 17.9 Å². The van der Waals surface area contributed by atoms with Gasteiger partial charge in [-0.3, -0.25) is 9.89 Å². The van der Waals surface area contributed by atoms with Crippen LogP contribution in [0.1, 0.15) is 29.7 Å². The first-order chi connectivity index (χ1) is 8.75. The summed E-state index contributed by atoms with van der Waals surface area (Å²) in [7, 11) is 0. The Labute approximate surface area is 106 Å². The number of nitrogens with zero attached hydrogens (tertiary/aromatic N) is 2. The first-order valence-electron chi connectivity index (χ1n) is 6.10. The largest absolute Gasteiger partial charge is 0.332 e. The summed E-state index contributed by atoms with van der Waals surface area (Å²) in [5, 5.41) is 6.91. The molecule has 1 aromatic heterocycles. The number of benzene rings is 1. The second-order valence-electron chi connectivity index (χ2n) is 4.70. The average Bonchev–Trinajstić information content (AvgIpc) is 2.99. The summed E-state index contributed by atoms with van der Waals surface area (Å²) in [6, 6.07) is 9.90. The van der Waals surface area contributed by atoms with Crippen LogP contribution < -0.4 is 0 Å². The molecule has 2 aromatic rings. The van der Waals surface area contributed by atoms with Gasteiger partial charge in [0.2, 0.25) is 5.91 Å². The maximum Gasteiger partial charge on any atom is 0.230 e. The number of hydrogen-bond donors (Lipinski definition) is 1. The Kier molecular flexibility index (Phi) is 2.63. The van der Waals surface area contributed by atoms with Gasteiger partial charge in [0, 0.05) is 12.1 Å². The molecular formula is C14H15N3O. The van der Waals surface area contributed by atoms with E-state index < -0.39 is 0 Å². The van der Waals surface area contributed by atoms with E-state index in [9.17, 15) is 4.79 Å². The molecule has 1 aromatic carbocycles. The Morgan fingerprint density at radius 1 is 1.33 bits per heavy atom. The number of aromatic amines is 1. The molecular weight excluding hydrogens is 226 g/mol. The molecule has 0 saturated heterocycles. The number of amides is 1. The van der Waals surface area contributed by atoms with Crippen molar-refractivity contribution in [3.63, 3.8) is 0 Å². The number of nitrogens with one attached hydrogen (secondary N) is 1. The van der Waals surface area contributed by atoms with Gasteiger partial charge in [-0.1, -0.05) is 30.3 Å². The molecule has 92 valence electrons. The lowest BCUT2D eigenvalue weighted by Crippen LogP contribution is -2.29. The molecule has 0 bridgehead atoms. The predicted octanol–water partition coefficient (Wildman–Crippen LogP) is 2.06. The van der Waals surface area contributed by atoms with Crippen LogP contribution in [0.2, 0.25) is 0 Å². The SMILES string of the molecule is C[C@@H](C(=O)N1Cc2cn[nH]c2C1)c1ccccc1. The lowest BCUT2D eigenvalue weighted by atomic mass is 10.00. The molecule has 4 nitrogen and oxygen atoms in total. The number of hydrogen-bond acceptors (Lipinski definition) is 2. The van der Waals surface area contributed by atoms with Crippen LogP contribution in [0.15, 0.2) is 36.5 Å². The van der Waals surface area contributed by atoms with Gasteiger partial charge in [-0.25, -0.2) is 0 Å². The van der Waals surface area contributed by atoms with E-state index in [4.69, 9.17) is 0 Å². The number of aromatic nitrogens is 2. The highest BCUT2D eigenvalue weighted by atomic mass is 16.2. The van der Waals surface area contributed by atoms with Crippen LogP contribution in [0.25, 0.3) is 0 Å². The van der Waals surface area contributed by atoms with Crippen molar-refractivity contribution in [3.8, 4) is 0 Å². The third-order valence-corrected chi connectivity index (χ3v) is 3.50. The van der Waals surface area contributed by atoms with Crippen molar-refractivity contribution in [1.29, 1.82) is 0 Å². The molecule has 0 unspecified atom stereocenters. The maximum absolute atomic E-state index is 12.4. The van der Waals surface area contributed by atoms with E-state index >= 15 is 0 Å². The second kappa shape index (κ2) is 4.29. The van der Waals surface area contributed by atoms with Crippen molar-refractivity contribution in [2.24, 2.45) is 0 Å². The number of carbonyl (C=O) groups excluding carboxylic acids is 1. The summed E-state index contributed by atoms with van der Waals surface area (Å²) in [5.74, 6) is 0.0777. The van der Waals surface area contributed by atoms with E-state index in [0.29, 0.717) is 13.1 Å². The molecule has 0 spiro atoms. The highest BCUT2D eigenvalue weighted by Crippen LogP contribution is 2.25. The van der Waals surface area contributed by atoms with Crippen molar-refractivity contribution in [1.82, 2.24) is 15.1 Å². The fourth-order valence-electron chi connectivity index (χ4n) is 2.38. The van der Waals surface area contributed by atoms with Crippen molar-refractivity contribution in [3.05, 3.63) is 53.3 Å². The fraction of sp³-hybridized carbons (Fsp3) is 0.286. The number of carbonyl (C=O) groups is 1. The van der Waals surface area contributed by atoms with E-state index in [1.54, 1.807) is 6.20 Å². The second-order valence-corrected chi connectivity index (χ2v) is 4.70. The van der Waals surface area contributed by atoms with E-state index in [-0.39, 0.29) is 11.8 Å². The fourth-order valence-corrected chi connectivity index (χ4v) is 2.38. The summed E-state index contributed by atoms with van der Waals surface area (Å²) in [4.78, 5) is 14.3. The van der Waals surface area contributed by atoms with Gasteiger partial charge in [-0.15, -0.1) is 0 Å². The smallest absolute Gasteiger partial charge is 0.230 e. The predicted molar refractivity (Wildman–Crippen MR) is 67.7 cm³/mol. The molecule has 1 atom stereocenters. The van der Waals surface area contributed by atoms with Crippen LogP contribution in [0, 0.1) is 0 Å². The third-order valence-electron chi connectivity index (χ3n) is 3.50. The molecule has 18 heavy (non-hydrogen) atoms. The minimum Gasteiger partial charge on any atom is -0.332 e. The van der Waals surface area contributed by atoms with Gasteiger partial charge in [0.05, 0.1) is 24.4 Å². The molecule has 0 saturated carbocycles. The van der Waals surface area contributed by atoms with Gasteiger partial charge >= 0.3 is 0 Å². The minimum atomic E-state index is -0.0943. The van der Waals surface area contributed by atoms with Gasteiger partial charge in [0.1, 0.15) is 0 Å². The van der Waals surface area contributed by atoms with E-state index in [1.807, 2.05) is 42.2 Å². The average molecular weight is 241 g/mol. The van der Waals surface area contributed by atoms with Crippen molar-refractivity contribution in [2.45, 2.75) is 25.9 Å². The maximum atomic E-state index is 12.4. The van der Waals surface area contributed by atoms with E-state index in [0.717, 1.165) is 16.8 Å². The van der Waals surface area contributed by atoms with E-state index in [1.165, 1.54) is 0 Å². The van der Waals surface area contributed by atoms with Gasteiger partial charge in [0.15, 0.2) is 0 Å². The topological polar surface area (TPSA) is 49.0 Å². The summed E-state index contributed by atoms with van der Waals surface area (Å²) < 4.78 is 0. The lowest BCUT2D eigenvalue weighted by molar-refractivity contribution is -0.133. The van der Waals surface area contributed by atoms with Crippen molar-refractivity contribution < 1.29 is 4.79 Å². The van der Waals surface area contributed by atoms with Crippen LogP contribution >= 0.6 is 0 Å². The third kappa shape index (κ3) is 1.79. The molecule has 0 aliphatic carbocycles. The Balaban J connectivity index is 1.75. The van der Waals surface area contributed by atoms with Gasteiger partial charge in [0.25, 0.3) is 0 Å². The first kappa shape index (κ1) is 11.0. The number of H-pyrrole nitrogens is 1. The molecule has 1 N–H and O–H groups in total. The van der Waals surface area contributed by atoms with Gasteiger partial charge in [-0.05, 0) is 12.5 Å².